The molecule has 0 unspecified atom stereocenters. The van der Waals surface area contributed by atoms with Gasteiger partial charge in [-0.3, -0.25) is 4.79 Å². The van der Waals surface area contributed by atoms with Gasteiger partial charge in [-0.25, -0.2) is 4.68 Å². The summed E-state index contributed by atoms with van der Waals surface area (Å²) in [7, 11) is 0. The number of hydrogen-bond acceptors (Lipinski definition) is 4. The second kappa shape index (κ2) is 7.13. The molecule has 0 spiro atoms. The van der Waals surface area contributed by atoms with Crippen LogP contribution < -0.4 is 14.8 Å². The molecule has 0 fully saturated rings. The average molecular weight is 404 g/mol. The number of carbonyl (C=O) groups is 1. The van der Waals surface area contributed by atoms with Crippen molar-refractivity contribution in [1.82, 2.24) is 9.78 Å². The van der Waals surface area contributed by atoms with Crippen LogP contribution in [0, 0.1) is 6.92 Å². The Bertz CT molecular complexity index is 1030. The highest BCUT2D eigenvalue weighted by Crippen LogP contribution is 2.34. The van der Waals surface area contributed by atoms with Gasteiger partial charge in [0.1, 0.15) is 5.15 Å². The summed E-state index contributed by atoms with van der Waals surface area (Å²) < 4.78 is 12.2. The van der Waals surface area contributed by atoms with E-state index in [1.165, 1.54) is 0 Å². The molecule has 1 aliphatic rings. The molecule has 2 aromatic carbocycles. The standard InChI is InChI=1S/C19H15Cl2N3O3/c1-11-17(18(21)24(23-11)9-12-4-2-3-5-14(12)20)19(25)22-13-6-7-15-16(8-13)27-10-26-15/h2-8H,9-10H2,1H3,(H,22,25). The highest BCUT2D eigenvalue weighted by molar-refractivity contribution is 6.34. The Hall–Kier alpha value is -2.70. The lowest BCUT2D eigenvalue weighted by Crippen LogP contribution is -2.13. The Kier molecular flexibility index (Phi) is 4.68. The minimum atomic E-state index is -0.346. The second-order valence-corrected chi connectivity index (χ2v) is 6.79. The predicted octanol–water partition coefficient (Wildman–Crippen LogP) is 4.53. The number of hydrogen-bond donors (Lipinski definition) is 1. The molecule has 0 radical (unpaired) electrons. The summed E-state index contributed by atoms with van der Waals surface area (Å²) in [6, 6.07) is 12.6. The van der Waals surface area contributed by atoms with E-state index in [-0.39, 0.29) is 17.9 Å². The van der Waals surface area contributed by atoms with Crippen molar-refractivity contribution in [2.75, 3.05) is 12.1 Å². The summed E-state index contributed by atoms with van der Waals surface area (Å²) in [6.45, 7) is 2.28. The molecular formula is C19H15Cl2N3O3. The molecule has 6 nitrogen and oxygen atoms in total. The molecule has 1 aliphatic heterocycles. The normalized spacial score (nSPS) is 12.3. The van der Waals surface area contributed by atoms with E-state index in [4.69, 9.17) is 32.7 Å². The van der Waals surface area contributed by atoms with Crippen LogP contribution in [0.4, 0.5) is 5.69 Å². The lowest BCUT2D eigenvalue weighted by atomic mass is 10.2. The SMILES string of the molecule is Cc1nn(Cc2ccccc2Cl)c(Cl)c1C(=O)Nc1ccc2c(c1)OCO2. The van der Waals surface area contributed by atoms with E-state index in [1.54, 1.807) is 35.9 Å². The number of aromatic nitrogens is 2. The van der Waals surface area contributed by atoms with E-state index in [0.717, 1.165) is 5.56 Å². The van der Waals surface area contributed by atoms with Gasteiger partial charge in [-0.15, -0.1) is 0 Å². The first-order valence-electron chi connectivity index (χ1n) is 8.20. The number of halogens is 2. The van der Waals surface area contributed by atoms with Crippen molar-refractivity contribution in [3.05, 3.63) is 69.5 Å². The van der Waals surface area contributed by atoms with Gasteiger partial charge in [0.15, 0.2) is 11.5 Å². The van der Waals surface area contributed by atoms with Crippen LogP contribution in [0.25, 0.3) is 0 Å². The molecule has 4 rings (SSSR count). The van der Waals surface area contributed by atoms with Crippen LogP contribution in [0.3, 0.4) is 0 Å². The number of ether oxygens (including phenoxy) is 2. The zero-order valence-electron chi connectivity index (χ0n) is 14.3. The summed E-state index contributed by atoms with van der Waals surface area (Å²) in [5, 5.41) is 8.08. The number of anilines is 1. The Labute approximate surface area is 165 Å². The molecule has 8 heteroatoms. The van der Waals surface area contributed by atoms with Gasteiger partial charge in [0.05, 0.1) is 17.8 Å². The lowest BCUT2D eigenvalue weighted by molar-refractivity contribution is 0.102. The van der Waals surface area contributed by atoms with E-state index in [1.807, 2.05) is 18.2 Å². The third-order valence-electron chi connectivity index (χ3n) is 4.20. The number of nitrogens with one attached hydrogen (secondary N) is 1. The van der Waals surface area contributed by atoms with Crippen LogP contribution in [0.1, 0.15) is 21.6 Å². The van der Waals surface area contributed by atoms with E-state index in [2.05, 4.69) is 10.4 Å². The van der Waals surface area contributed by atoms with Gasteiger partial charge in [-0.1, -0.05) is 41.4 Å². The van der Waals surface area contributed by atoms with Crippen LogP contribution in [0.2, 0.25) is 10.2 Å². The number of fused-ring (bicyclic) bond motifs is 1. The molecular weight excluding hydrogens is 389 g/mol. The fourth-order valence-corrected chi connectivity index (χ4v) is 3.39. The van der Waals surface area contributed by atoms with Crippen LogP contribution in [-0.4, -0.2) is 22.5 Å². The molecule has 0 atom stereocenters. The maximum atomic E-state index is 12.7. The molecule has 1 N–H and O–H groups in total. The average Bonchev–Trinajstić information content (AvgIpc) is 3.21. The molecule has 0 saturated heterocycles. The van der Waals surface area contributed by atoms with Gasteiger partial charge >= 0.3 is 0 Å². The van der Waals surface area contributed by atoms with Gasteiger partial charge in [-0.2, -0.15) is 5.10 Å². The number of rotatable bonds is 4. The van der Waals surface area contributed by atoms with Crippen LogP contribution in [-0.2, 0) is 6.54 Å². The zero-order chi connectivity index (χ0) is 19.0. The van der Waals surface area contributed by atoms with Gasteiger partial charge in [-0.05, 0) is 30.7 Å². The summed E-state index contributed by atoms with van der Waals surface area (Å²) in [5.41, 5.74) is 2.30. The number of benzene rings is 2. The Morgan fingerprint density at radius 1 is 1.19 bits per heavy atom. The smallest absolute Gasteiger partial charge is 0.260 e. The first-order valence-corrected chi connectivity index (χ1v) is 8.96. The van der Waals surface area contributed by atoms with Crippen molar-refractivity contribution in [3.63, 3.8) is 0 Å². The van der Waals surface area contributed by atoms with Gasteiger partial charge in [0.25, 0.3) is 5.91 Å². The van der Waals surface area contributed by atoms with Crippen molar-refractivity contribution in [2.24, 2.45) is 0 Å². The van der Waals surface area contributed by atoms with Gasteiger partial charge in [0.2, 0.25) is 6.79 Å². The Balaban J connectivity index is 1.57. The van der Waals surface area contributed by atoms with Crippen LogP contribution in [0.15, 0.2) is 42.5 Å². The van der Waals surface area contributed by atoms with Crippen molar-refractivity contribution in [3.8, 4) is 11.5 Å². The minimum absolute atomic E-state index is 0.173. The molecule has 3 aromatic rings. The molecule has 27 heavy (non-hydrogen) atoms. The highest BCUT2D eigenvalue weighted by Gasteiger charge is 2.22. The maximum absolute atomic E-state index is 12.7. The van der Waals surface area contributed by atoms with Crippen molar-refractivity contribution in [2.45, 2.75) is 13.5 Å². The van der Waals surface area contributed by atoms with Crippen molar-refractivity contribution < 1.29 is 14.3 Å². The lowest BCUT2D eigenvalue weighted by Gasteiger charge is -2.07. The molecule has 0 bridgehead atoms. The highest BCUT2D eigenvalue weighted by atomic mass is 35.5. The van der Waals surface area contributed by atoms with E-state index in [0.29, 0.717) is 40.0 Å². The zero-order valence-corrected chi connectivity index (χ0v) is 15.8. The number of carbonyl (C=O) groups excluding carboxylic acids is 1. The molecule has 0 aliphatic carbocycles. The summed E-state index contributed by atoms with van der Waals surface area (Å²) >= 11 is 12.6. The summed E-state index contributed by atoms with van der Waals surface area (Å²) in [6.07, 6.45) is 0. The van der Waals surface area contributed by atoms with Gasteiger partial charge < -0.3 is 14.8 Å². The van der Waals surface area contributed by atoms with Crippen LogP contribution >= 0.6 is 23.2 Å². The fraction of sp³-hybridized carbons (Fsp3) is 0.158. The Morgan fingerprint density at radius 2 is 1.96 bits per heavy atom. The molecule has 2 heterocycles. The first-order chi connectivity index (χ1) is 13.0. The molecule has 0 saturated carbocycles. The third-order valence-corrected chi connectivity index (χ3v) is 4.95. The third kappa shape index (κ3) is 3.46. The van der Waals surface area contributed by atoms with Gasteiger partial charge in [0, 0.05) is 16.8 Å². The van der Waals surface area contributed by atoms with E-state index >= 15 is 0 Å². The number of nitrogens with zero attached hydrogens (tertiary/aromatic N) is 2. The van der Waals surface area contributed by atoms with Crippen molar-refractivity contribution >= 4 is 34.8 Å². The second-order valence-electron chi connectivity index (χ2n) is 6.02. The predicted molar refractivity (Wildman–Crippen MR) is 103 cm³/mol. The summed E-state index contributed by atoms with van der Waals surface area (Å²) in [5.74, 6) is 0.890. The van der Waals surface area contributed by atoms with Crippen LogP contribution in [0.5, 0.6) is 11.5 Å². The summed E-state index contributed by atoms with van der Waals surface area (Å²) in [4.78, 5) is 12.7. The quantitative estimate of drug-likeness (QED) is 0.694. The molecule has 138 valence electrons. The number of aryl methyl sites for hydroxylation is 1. The molecule has 1 aromatic heterocycles. The van der Waals surface area contributed by atoms with Crippen molar-refractivity contribution in [1.29, 1.82) is 0 Å². The van der Waals surface area contributed by atoms with E-state index in [9.17, 15) is 4.79 Å². The number of amides is 1. The largest absolute Gasteiger partial charge is 0.454 e. The maximum Gasteiger partial charge on any atom is 0.260 e. The Morgan fingerprint density at radius 3 is 2.78 bits per heavy atom. The minimum Gasteiger partial charge on any atom is -0.454 e. The molecule has 1 amide bonds. The first kappa shape index (κ1) is 17.7. The topological polar surface area (TPSA) is 65.4 Å². The monoisotopic (exact) mass is 403 g/mol. The van der Waals surface area contributed by atoms with E-state index < -0.39 is 0 Å². The fourth-order valence-electron chi connectivity index (χ4n) is 2.87.